The molecule has 0 aromatic carbocycles. The van der Waals surface area contributed by atoms with Crippen molar-refractivity contribution in [3.63, 3.8) is 0 Å². The molecule has 1 aromatic heterocycles. The van der Waals surface area contributed by atoms with Crippen LogP contribution >= 0.6 is 11.6 Å². The number of pyridine rings is 1. The second-order valence-corrected chi connectivity index (χ2v) is 6.17. The Morgan fingerprint density at radius 2 is 2.00 bits per heavy atom. The van der Waals surface area contributed by atoms with Gasteiger partial charge in [0.1, 0.15) is 0 Å². The minimum atomic E-state index is -0.468. The topological polar surface area (TPSA) is 36.4 Å². The van der Waals surface area contributed by atoms with E-state index in [0.717, 1.165) is 38.4 Å². The average Bonchev–Trinajstić information content (AvgIpc) is 2.48. The Labute approximate surface area is 125 Å². The summed E-state index contributed by atoms with van der Waals surface area (Å²) in [5.74, 6) is 0.518. The third-order valence-electron chi connectivity index (χ3n) is 3.68. The van der Waals surface area contributed by atoms with Gasteiger partial charge in [-0.05, 0) is 26.0 Å². The van der Waals surface area contributed by atoms with E-state index < -0.39 is 5.41 Å². The molecule has 1 saturated heterocycles. The van der Waals surface area contributed by atoms with E-state index in [-0.39, 0.29) is 5.91 Å². The molecule has 2 heterocycles. The minimum Gasteiger partial charge on any atom is -0.340 e. The van der Waals surface area contributed by atoms with Gasteiger partial charge in [-0.2, -0.15) is 0 Å². The highest BCUT2D eigenvalue weighted by atomic mass is 35.5. The standard InChI is InChI=1S/C15H22ClN3O/c1-15(2,12-16)14(20)19-9-7-18(8-10-19)11-13-5-3-4-6-17-13/h3-6H,7-12H2,1-2H3. The van der Waals surface area contributed by atoms with Gasteiger partial charge in [0.15, 0.2) is 0 Å². The van der Waals surface area contributed by atoms with Crippen molar-refractivity contribution in [1.29, 1.82) is 0 Å². The molecule has 0 atom stereocenters. The normalized spacial score (nSPS) is 17.2. The van der Waals surface area contributed by atoms with E-state index in [0.29, 0.717) is 5.88 Å². The van der Waals surface area contributed by atoms with Crippen molar-refractivity contribution in [2.45, 2.75) is 20.4 Å². The van der Waals surface area contributed by atoms with Crippen LogP contribution in [0.25, 0.3) is 0 Å². The van der Waals surface area contributed by atoms with Gasteiger partial charge in [0, 0.05) is 44.8 Å². The molecule has 20 heavy (non-hydrogen) atoms. The summed E-state index contributed by atoms with van der Waals surface area (Å²) in [5.41, 5.74) is 0.610. The maximum atomic E-state index is 12.3. The highest BCUT2D eigenvalue weighted by Gasteiger charge is 2.32. The number of nitrogens with zero attached hydrogens (tertiary/aromatic N) is 3. The first-order chi connectivity index (χ1) is 9.53. The maximum absolute atomic E-state index is 12.3. The van der Waals surface area contributed by atoms with E-state index in [1.54, 1.807) is 0 Å². The Hall–Kier alpha value is -1.13. The number of piperazine rings is 1. The molecule has 0 unspecified atom stereocenters. The van der Waals surface area contributed by atoms with Crippen LogP contribution < -0.4 is 0 Å². The predicted octanol–water partition coefficient (Wildman–Crippen LogP) is 1.99. The fourth-order valence-electron chi connectivity index (χ4n) is 2.32. The molecule has 0 bridgehead atoms. The molecule has 0 N–H and O–H groups in total. The molecule has 0 radical (unpaired) electrons. The molecule has 2 rings (SSSR count). The fraction of sp³-hybridized carbons (Fsp3) is 0.600. The van der Waals surface area contributed by atoms with Gasteiger partial charge < -0.3 is 4.90 Å². The Balaban J connectivity index is 1.85. The minimum absolute atomic E-state index is 0.157. The molecule has 0 aliphatic carbocycles. The van der Waals surface area contributed by atoms with E-state index in [4.69, 9.17) is 11.6 Å². The van der Waals surface area contributed by atoms with Crippen LogP contribution in [0.3, 0.4) is 0 Å². The van der Waals surface area contributed by atoms with Crippen molar-refractivity contribution in [3.05, 3.63) is 30.1 Å². The van der Waals surface area contributed by atoms with Crippen molar-refractivity contribution < 1.29 is 4.79 Å². The van der Waals surface area contributed by atoms with E-state index >= 15 is 0 Å². The molecule has 4 nitrogen and oxygen atoms in total. The van der Waals surface area contributed by atoms with Crippen LogP contribution in [-0.2, 0) is 11.3 Å². The highest BCUT2D eigenvalue weighted by Crippen LogP contribution is 2.21. The molecule has 1 fully saturated rings. The maximum Gasteiger partial charge on any atom is 0.229 e. The van der Waals surface area contributed by atoms with E-state index in [1.165, 1.54) is 0 Å². The molecule has 5 heteroatoms. The molecule has 110 valence electrons. The van der Waals surface area contributed by atoms with E-state index in [9.17, 15) is 4.79 Å². The number of hydrogen-bond acceptors (Lipinski definition) is 3. The molecule has 1 aliphatic rings. The van der Waals surface area contributed by atoms with Gasteiger partial charge in [0.2, 0.25) is 5.91 Å². The van der Waals surface area contributed by atoms with Gasteiger partial charge in [-0.15, -0.1) is 11.6 Å². The zero-order chi connectivity index (χ0) is 14.6. The zero-order valence-electron chi connectivity index (χ0n) is 12.2. The van der Waals surface area contributed by atoms with Gasteiger partial charge in [-0.3, -0.25) is 14.7 Å². The molecule has 1 amide bonds. The number of rotatable bonds is 4. The summed E-state index contributed by atoms with van der Waals surface area (Å²) in [4.78, 5) is 20.9. The van der Waals surface area contributed by atoms with Gasteiger partial charge >= 0.3 is 0 Å². The molecule has 0 saturated carbocycles. The van der Waals surface area contributed by atoms with E-state index in [2.05, 4.69) is 9.88 Å². The lowest BCUT2D eigenvalue weighted by molar-refractivity contribution is -0.141. The van der Waals surface area contributed by atoms with Crippen molar-refractivity contribution in [1.82, 2.24) is 14.8 Å². The monoisotopic (exact) mass is 295 g/mol. The number of carbonyl (C=O) groups excluding carboxylic acids is 1. The van der Waals surface area contributed by atoms with Crippen molar-refractivity contribution in [2.75, 3.05) is 32.1 Å². The van der Waals surface area contributed by atoms with Crippen LogP contribution in [0.4, 0.5) is 0 Å². The van der Waals surface area contributed by atoms with Gasteiger partial charge in [-0.1, -0.05) is 6.07 Å². The Bertz CT molecular complexity index is 442. The summed E-state index contributed by atoms with van der Waals surface area (Å²) in [6.07, 6.45) is 1.82. The average molecular weight is 296 g/mol. The molecule has 1 aliphatic heterocycles. The van der Waals surface area contributed by atoms with Gasteiger partial charge in [-0.25, -0.2) is 0 Å². The Morgan fingerprint density at radius 1 is 1.30 bits per heavy atom. The van der Waals surface area contributed by atoms with Gasteiger partial charge in [0.25, 0.3) is 0 Å². The smallest absolute Gasteiger partial charge is 0.229 e. The van der Waals surface area contributed by atoms with Crippen molar-refractivity contribution in [2.24, 2.45) is 5.41 Å². The lowest BCUT2D eigenvalue weighted by atomic mass is 9.94. The van der Waals surface area contributed by atoms with Gasteiger partial charge in [0.05, 0.1) is 11.1 Å². The molecular weight excluding hydrogens is 274 g/mol. The van der Waals surface area contributed by atoms with Crippen LogP contribution in [0.1, 0.15) is 19.5 Å². The molecular formula is C15H22ClN3O. The quantitative estimate of drug-likeness (QED) is 0.797. The largest absolute Gasteiger partial charge is 0.340 e. The van der Waals surface area contributed by atoms with Crippen LogP contribution in [0.2, 0.25) is 0 Å². The number of halogens is 1. The lowest BCUT2D eigenvalue weighted by Gasteiger charge is -2.38. The molecule has 1 aromatic rings. The Kier molecular flexibility index (Phi) is 5.00. The molecule has 0 spiro atoms. The summed E-state index contributed by atoms with van der Waals surface area (Å²) in [7, 11) is 0. The number of carbonyl (C=O) groups is 1. The SMILES string of the molecule is CC(C)(CCl)C(=O)N1CCN(Cc2ccccn2)CC1. The third kappa shape index (κ3) is 3.70. The summed E-state index contributed by atoms with van der Waals surface area (Å²) in [5, 5.41) is 0. The summed E-state index contributed by atoms with van der Waals surface area (Å²) >= 11 is 5.88. The highest BCUT2D eigenvalue weighted by molar-refractivity contribution is 6.19. The first-order valence-corrected chi connectivity index (χ1v) is 7.54. The van der Waals surface area contributed by atoms with Crippen LogP contribution in [0, 0.1) is 5.41 Å². The first kappa shape index (κ1) is 15.3. The number of hydrogen-bond donors (Lipinski definition) is 0. The summed E-state index contributed by atoms with van der Waals surface area (Å²) in [6, 6.07) is 5.97. The number of alkyl halides is 1. The number of amides is 1. The van der Waals surface area contributed by atoms with Crippen LogP contribution in [-0.4, -0.2) is 52.8 Å². The fourth-order valence-corrected chi connectivity index (χ4v) is 2.43. The Morgan fingerprint density at radius 3 is 2.55 bits per heavy atom. The van der Waals surface area contributed by atoms with Crippen LogP contribution in [0.15, 0.2) is 24.4 Å². The lowest BCUT2D eigenvalue weighted by Crippen LogP contribution is -2.52. The van der Waals surface area contributed by atoms with E-state index in [1.807, 2.05) is 43.1 Å². The third-order valence-corrected chi connectivity index (χ3v) is 4.35. The van der Waals surface area contributed by atoms with Crippen molar-refractivity contribution >= 4 is 17.5 Å². The van der Waals surface area contributed by atoms with Crippen molar-refractivity contribution in [3.8, 4) is 0 Å². The second kappa shape index (κ2) is 6.55. The first-order valence-electron chi connectivity index (χ1n) is 7.00. The zero-order valence-corrected chi connectivity index (χ0v) is 12.9. The predicted molar refractivity (Wildman–Crippen MR) is 80.6 cm³/mol. The summed E-state index contributed by atoms with van der Waals surface area (Å²) < 4.78 is 0. The number of aromatic nitrogens is 1. The second-order valence-electron chi connectivity index (χ2n) is 5.91. The van der Waals surface area contributed by atoms with Crippen LogP contribution in [0.5, 0.6) is 0 Å². The summed E-state index contributed by atoms with van der Waals surface area (Å²) in [6.45, 7) is 7.98.